The molecule has 0 radical (unpaired) electrons. The van der Waals surface area contributed by atoms with E-state index in [0.717, 1.165) is 81.4 Å². The second kappa shape index (κ2) is 15.5. The van der Waals surface area contributed by atoms with Crippen LogP contribution in [0.5, 0.6) is 0 Å². The first-order chi connectivity index (χ1) is 25.9. The number of ether oxygens (including phenoxy) is 1. The number of carbonyl (C=O) groups is 4. The summed E-state index contributed by atoms with van der Waals surface area (Å²) in [4.78, 5) is 72.1. The number of Topliss-reactive ketones (excluding diaryl/α,β-unsaturated/α-hetero) is 1. The normalized spacial score (nSPS) is 21.3. The standard InChI is InChI=1S/C42H52N6O6/c1-23(2)30(17-29(50)22-49)41(52)47-10-6-8-38(47)36-15-27(20-43-36)32-13-25-12-26-14-33(46-35(26)19-34(25)45-32)28-16-37(44-21-28)39-9-7-11-48(39)42(53)31(24(3)4)18-40(51)54-5/h12-14,19-21,23-24,30-31,38-39,45-46,49H,6-11,15-18,22H2,1-5H3. The molecule has 2 fully saturated rings. The van der Waals surface area contributed by atoms with Gasteiger partial charge in [-0.1, -0.05) is 27.7 Å². The number of nitrogens with one attached hydrogen (secondary N) is 2. The minimum atomic E-state index is -0.542. The molecule has 4 aliphatic heterocycles. The summed E-state index contributed by atoms with van der Waals surface area (Å²) in [6.07, 6.45) is 8.79. The monoisotopic (exact) mass is 736 g/mol. The van der Waals surface area contributed by atoms with Crippen molar-refractivity contribution in [2.75, 3.05) is 26.8 Å². The van der Waals surface area contributed by atoms with Gasteiger partial charge in [0, 0.05) is 95.3 Å². The highest BCUT2D eigenvalue weighted by atomic mass is 16.5. The lowest BCUT2D eigenvalue weighted by atomic mass is 9.89. The number of carbonyl (C=O) groups excluding carboxylic acids is 4. The summed E-state index contributed by atoms with van der Waals surface area (Å²) >= 11 is 0. The number of likely N-dealkylation sites (tertiary alicyclic amines) is 2. The number of aromatic nitrogens is 2. The Bertz CT molecular complexity index is 1900. The minimum Gasteiger partial charge on any atom is -0.469 e. The molecule has 4 aliphatic rings. The zero-order chi connectivity index (χ0) is 38.3. The van der Waals surface area contributed by atoms with Crippen LogP contribution in [0, 0.1) is 23.7 Å². The predicted molar refractivity (Wildman–Crippen MR) is 210 cm³/mol. The summed E-state index contributed by atoms with van der Waals surface area (Å²) in [6, 6.07) is 8.47. The molecule has 6 heterocycles. The maximum absolute atomic E-state index is 13.7. The Labute approximate surface area is 315 Å². The van der Waals surface area contributed by atoms with E-state index in [9.17, 15) is 24.3 Å². The maximum atomic E-state index is 13.7. The number of methoxy groups -OCH3 is 1. The second-order valence-electron chi connectivity index (χ2n) is 16.1. The molecule has 54 heavy (non-hydrogen) atoms. The van der Waals surface area contributed by atoms with Gasteiger partial charge in [0.15, 0.2) is 5.78 Å². The van der Waals surface area contributed by atoms with E-state index in [0.29, 0.717) is 25.9 Å². The Balaban J connectivity index is 1.00. The van der Waals surface area contributed by atoms with E-state index in [-0.39, 0.29) is 60.3 Å². The Hall–Kier alpha value is -4.84. The minimum absolute atomic E-state index is 0.00434. The maximum Gasteiger partial charge on any atom is 0.306 e. The number of hydrogen-bond acceptors (Lipinski definition) is 8. The van der Waals surface area contributed by atoms with Gasteiger partial charge in [0.2, 0.25) is 11.8 Å². The van der Waals surface area contributed by atoms with Crippen LogP contribution >= 0.6 is 0 Å². The van der Waals surface area contributed by atoms with Crippen LogP contribution in [-0.4, -0.2) is 98.8 Å². The Morgan fingerprint density at radius 1 is 0.759 bits per heavy atom. The van der Waals surface area contributed by atoms with E-state index in [4.69, 9.17) is 14.7 Å². The smallest absolute Gasteiger partial charge is 0.306 e. The predicted octanol–water partition coefficient (Wildman–Crippen LogP) is 6.06. The highest BCUT2D eigenvalue weighted by Crippen LogP contribution is 2.36. The first kappa shape index (κ1) is 37.5. The van der Waals surface area contributed by atoms with Crippen LogP contribution < -0.4 is 0 Å². The fourth-order valence-corrected chi connectivity index (χ4v) is 8.71. The molecule has 0 aliphatic carbocycles. The van der Waals surface area contributed by atoms with Crippen LogP contribution in [0.15, 0.2) is 46.7 Å². The summed E-state index contributed by atoms with van der Waals surface area (Å²) in [7, 11) is 1.36. The van der Waals surface area contributed by atoms with Crippen molar-refractivity contribution in [3.05, 3.63) is 48.1 Å². The fraction of sp³-hybridized carbons (Fsp3) is 0.524. The average molecular weight is 737 g/mol. The SMILES string of the molecule is COC(=O)CC(C(=O)N1CCCC1C1=NC=C(c2cc3cc4cc(C5=CN=C(C6CCCN6C(=O)C(CC(=O)CO)C(C)C)C5)[nH]c4cc3[nH]2)C1)C(C)C. The Morgan fingerprint density at radius 2 is 1.24 bits per heavy atom. The number of aliphatic hydroxyl groups is 1. The number of aromatic amines is 2. The number of fused-ring (bicyclic) bond motifs is 2. The molecule has 0 spiro atoms. The van der Waals surface area contributed by atoms with Crippen LogP contribution in [0.3, 0.4) is 0 Å². The van der Waals surface area contributed by atoms with Gasteiger partial charge in [-0.3, -0.25) is 29.2 Å². The number of benzene rings is 1. The number of rotatable bonds is 13. The molecule has 12 nitrogen and oxygen atoms in total. The van der Waals surface area contributed by atoms with Crippen LogP contribution in [0.2, 0.25) is 0 Å². The molecule has 2 amide bonds. The van der Waals surface area contributed by atoms with Gasteiger partial charge in [-0.2, -0.15) is 0 Å². The van der Waals surface area contributed by atoms with E-state index in [2.05, 4.69) is 34.2 Å². The lowest BCUT2D eigenvalue weighted by Crippen LogP contribution is -2.45. The quantitative estimate of drug-likeness (QED) is 0.181. The number of nitrogens with zero attached hydrogens (tertiary/aromatic N) is 4. The van der Waals surface area contributed by atoms with Crippen molar-refractivity contribution >= 4 is 67.9 Å². The van der Waals surface area contributed by atoms with Gasteiger partial charge in [-0.25, -0.2) is 0 Å². The number of aliphatic imine (C=N–C) groups is 2. The van der Waals surface area contributed by atoms with E-state index >= 15 is 0 Å². The molecule has 0 bridgehead atoms. The van der Waals surface area contributed by atoms with Crippen molar-refractivity contribution < 1.29 is 29.0 Å². The largest absolute Gasteiger partial charge is 0.469 e. The third-order valence-corrected chi connectivity index (χ3v) is 11.9. The van der Waals surface area contributed by atoms with E-state index in [1.165, 1.54) is 7.11 Å². The van der Waals surface area contributed by atoms with Crippen LogP contribution in [0.25, 0.3) is 33.0 Å². The summed E-state index contributed by atoms with van der Waals surface area (Å²) in [6.45, 7) is 8.63. The van der Waals surface area contributed by atoms with E-state index < -0.39 is 18.4 Å². The van der Waals surface area contributed by atoms with E-state index in [1.54, 1.807) is 0 Å². The van der Waals surface area contributed by atoms with Gasteiger partial charge in [-0.15, -0.1) is 0 Å². The molecule has 12 heteroatoms. The number of aliphatic hydroxyl groups excluding tert-OH is 1. The molecule has 7 rings (SSSR count). The second-order valence-corrected chi connectivity index (χ2v) is 16.1. The zero-order valence-electron chi connectivity index (χ0n) is 32.0. The van der Waals surface area contributed by atoms with Crippen molar-refractivity contribution in [3.8, 4) is 0 Å². The molecule has 3 aromatic rings. The number of hydrogen-bond donors (Lipinski definition) is 3. The highest BCUT2D eigenvalue weighted by molar-refractivity contribution is 6.07. The average Bonchev–Trinajstić information content (AvgIpc) is 4.00. The first-order valence-corrected chi connectivity index (χ1v) is 19.4. The lowest BCUT2D eigenvalue weighted by Gasteiger charge is -2.30. The summed E-state index contributed by atoms with van der Waals surface area (Å²) < 4.78 is 4.88. The van der Waals surface area contributed by atoms with Crippen LogP contribution in [0.4, 0.5) is 0 Å². The first-order valence-electron chi connectivity index (χ1n) is 19.4. The van der Waals surface area contributed by atoms with Crippen molar-refractivity contribution in [3.63, 3.8) is 0 Å². The fourth-order valence-electron chi connectivity index (χ4n) is 8.71. The molecule has 3 N–H and O–H groups in total. The summed E-state index contributed by atoms with van der Waals surface area (Å²) in [5.41, 5.74) is 8.14. The molecular weight excluding hydrogens is 684 g/mol. The molecule has 4 atom stereocenters. The van der Waals surface area contributed by atoms with Crippen molar-refractivity contribution in [2.24, 2.45) is 33.7 Å². The van der Waals surface area contributed by atoms with Gasteiger partial charge in [-0.05, 0) is 72.9 Å². The molecule has 2 saturated heterocycles. The highest BCUT2D eigenvalue weighted by Gasteiger charge is 2.40. The molecule has 4 unspecified atom stereocenters. The molecule has 0 saturated carbocycles. The van der Waals surface area contributed by atoms with E-state index in [1.807, 2.05) is 49.9 Å². The zero-order valence-corrected chi connectivity index (χ0v) is 32.0. The summed E-state index contributed by atoms with van der Waals surface area (Å²) in [5, 5.41) is 11.5. The van der Waals surface area contributed by atoms with Crippen molar-refractivity contribution in [1.82, 2.24) is 19.8 Å². The van der Waals surface area contributed by atoms with Gasteiger partial charge in [0.05, 0.1) is 31.5 Å². The van der Waals surface area contributed by atoms with Gasteiger partial charge in [0.25, 0.3) is 0 Å². The number of amides is 2. The van der Waals surface area contributed by atoms with Crippen molar-refractivity contribution in [2.45, 2.75) is 91.1 Å². The number of esters is 1. The Kier molecular flexibility index (Phi) is 10.7. The Morgan fingerprint density at radius 3 is 1.69 bits per heavy atom. The third kappa shape index (κ3) is 7.32. The number of ketones is 1. The van der Waals surface area contributed by atoms with Crippen LogP contribution in [0.1, 0.15) is 90.4 Å². The summed E-state index contributed by atoms with van der Waals surface area (Å²) in [5.74, 6) is -1.54. The number of allylic oxidation sites excluding steroid dienone is 2. The third-order valence-electron chi connectivity index (χ3n) is 11.9. The molecule has 2 aromatic heterocycles. The van der Waals surface area contributed by atoms with Crippen molar-refractivity contribution in [1.29, 1.82) is 0 Å². The number of H-pyrrole nitrogens is 2. The van der Waals surface area contributed by atoms with Gasteiger partial charge >= 0.3 is 5.97 Å². The molecular formula is C42H52N6O6. The van der Waals surface area contributed by atoms with Gasteiger partial charge < -0.3 is 29.6 Å². The molecule has 1 aromatic carbocycles. The lowest BCUT2D eigenvalue weighted by molar-refractivity contribution is -0.148. The van der Waals surface area contributed by atoms with Gasteiger partial charge in [0.1, 0.15) is 6.61 Å². The molecule has 286 valence electrons. The topological polar surface area (TPSA) is 161 Å². The van der Waals surface area contributed by atoms with Crippen LogP contribution in [-0.2, 0) is 23.9 Å².